The summed E-state index contributed by atoms with van der Waals surface area (Å²) in [5.41, 5.74) is 0.0993. The van der Waals surface area contributed by atoms with E-state index in [1.54, 1.807) is 0 Å². The topological polar surface area (TPSA) is 52.4 Å². The third kappa shape index (κ3) is 4.22. The van der Waals surface area contributed by atoms with Crippen LogP contribution in [0.4, 0.5) is 18.9 Å². The van der Waals surface area contributed by atoms with E-state index in [-0.39, 0.29) is 0 Å². The van der Waals surface area contributed by atoms with E-state index in [1.807, 2.05) is 0 Å². The standard InChI is InChI=1S/C9H7BrF3NO3/c10-4-6-1-2-8(7(3-6)14(15)16)17-5-9(11,12)13/h1-3H,4-5H2. The molecule has 0 aromatic heterocycles. The van der Waals surface area contributed by atoms with E-state index in [0.717, 1.165) is 6.07 Å². The molecule has 0 atom stereocenters. The lowest BCUT2D eigenvalue weighted by Gasteiger charge is -2.09. The van der Waals surface area contributed by atoms with Crippen LogP contribution >= 0.6 is 15.9 Å². The van der Waals surface area contributed by atoms with Crippen molar-refractivity contribution in [3.8, 4) is 5.75 Å². The van der Waals surface area contributed by atoms with Gasteiger partial charge in [-0.25, -0.2) is 0 Å². The molecule has 0 radical (unpaired) electrons. The van der Waals surface area contributed by atoms with Gasteiger partial charge in [0.15, 0.2) is 12.4 Å². The average molecular weight is 314 g/mol. The van der Waals surface area contributed by atoms with Gasteiger partial charge in [-0.05, 0) is 11.6 Å². The van der Waals surface area contributed by atoms with Gasteiger partial charge in [-0.2, -0.15) is 13.2 Å². The minimum absolute atomic E-state index is 0.368. The van der Waals surface area contributed by atoms with Crippen LogP contribution in [0.5, 0.6) is 5.75 Å². The molecule has 0 bridgehead atoms. The number of nitrogens with zero attached hydrogens (tertiary/aromatic N) is 1. The molecule has 1 aromatic rings. The van der Waals surface area contributed by atoms with Crippen LogP contribution in [0.15, 0.2) is 18.2 Å². The van der Waals surface area contributed by atoms with E-state index < -0.39 is 29.1 Å². The summed E-state index contributed by atoms with van der Waals surface area (Å²) >= 11 is 3.09. The maximum absolute atomic E-state index is 11.9. The van der Waals surface area contributed by atoms with E-state index in [0.29, 0.717) is 10.9 Å². The van der Waals surface area contributed by atoms with Gasteiger partial charge >= 0.3 is 11.9 Å². The van der Waals surface area contributed by atoms with Crippen LogP contribution in [0, 0.1) is 10.1 Å². The summed E-state index contributed by atoms with van der Waals surface area (Å²) in [5, 5.41) is 11.0. The molecule has 0 aliphatic rings. The van der Waals surface area contributed by atoms with E-state index in [4.69, 9.17) is 0 Å². The van der Waals surface area contributed by atoms with E-state index in [1.165, 1.54) is 12.1 Å². The van der Waals surface area contributed by atoms with Crippen molar-refractivity contribution in [1.82, 2.24) is 0 Å². The molecule has 0 heterocycles. The van der Waals surface area contributed by atoms with Gasteiger partial charge in [0, 0.05) is 11.4 Å². The third-order valence-electron chi connectivity index (χ3n) is 1.77. The van der Waals surface area contributed by atoms with E-state index in [2.05, 4.69) is 20.7 Å². The second kappa shape index (κ2) is 5.35. The molecule has 1 rings (SSSR count). The number of hydrogen-bond acceptors (Lipinski definition) is 3. The number of alkyl halides is 4. The Balaban J connectivity index is 2.95. The lowest BCUT2D eigenvalue weighted by Crippen LogP contribution is -2.19. The van der Waals surface area contributed by atoms with Gasteiger partial charge in [0.2, 0.25) is 0 Å². The number of hydrogen-bond donors (Lipinski definition) is 0. The molecule has 1 aromatic carbocycles. The summed E-state index contributed by atoms with van der Waals surface area (Å²) in [5.74, 6) is -0.392. The van der Waals surface area contributed by atoms with Crippen LogP contribution in [0.3, 0.4) is 0 Å². The maximum Gasteiger partial charge on any atom is 0.422 e. The summed E-state index contributed by atoms with van der Waals surface area (Å²) < 4.78 is 40.1. The van der Waals surface area contributed by atoms with Gasteiger partial charge in [-0.3, -0.25) is 10.1 Å². The zero-order valence-electron chi connectivity index (χ0n) is 8.33. The normalized spacial score (nSPS) is 11.3. The fraction of sp³-hybridized carbons (Fsp3) is 0.333. The molecule has 0 fully saturated rings. The molecule has 0 saturated carbocycles. The molecule has 0 unspecified atom stereocenters. The first-order chi connectivity index (χ1) is 7.83. The summed E-state index contributed by atoms with van der Waals surface area (Å²) in [7, 11) is 0. The van der Waals surface area contributed by atoms with Gasteiger partial charge in [-0.15, -0.1) is 0 Å². The molecule has 0 amide bonds. The van der Waals surface area contributed by atoms with Crippen molar-refractivity contribution in [2.24, 2.45) is 0 Å². The van der Waals surface area contributed by atoms with Crippen molar-refractivity contribution in [2.75, 3.05) is 6.61 Å². The van der Waals surface area contributed by atoms with Crippen LogP contribution < -0.4 is 4.74 Å². The molecular weight excluding hydrogens is 307 g/mol. The number of nitro groups is 1. The molecule has 0 aliphatic heterocycles. The number of halogens is 4. The fourth-order valence-electron chi connectivity index (χ4n) is 1.07. The van der Waals surface area contributed by atoms with Crippen molar-refractivity contribution >= 4 is 21.6 Å². The largest absolute Gasteiger partial charge is 0.477 e. The van der Waals surface area contributed by atoms with Crippen molar-refractivity contribution < 1.29 is 22.8 Å². The third-order valence-corrected chi connectivity index (χ3v) is 2.41. The van der Waals surface area contributed by atoms with Crippen LogP contribution in [0.25, 0.3) is 0 Å². The Morgan fingerprint density at radius 3 is 2.53 bits per heavy atom. The summed E-state index contributed by atoms with van der Waals surface area (Å²) in [4.78, 5) is 9.86. The molecule has 8 heteroatoms. The molecule has 0 spiro atoms. The van der Waals surface area contributed by atoms with Gasteiger partial charge < -0.3 is 4.74 Å². The Labute approximate surface area is 103 Å². The van der Waals surface area contributed by atoms with E-state index >= 15 is 0 Å². The van der Waals surface area contributed by atoms with Gasteiger partial charge in [0.1, 0.15) is 0 Å². The average Bonchev–Trinajstić information content (AvgIpc) is 2.25. The molecule has 0 aliphatic carbocycles. The highest BCUT2D eigenvalue weighted by molar-refractivity contribution is 9.08. The van der Waals surface area contributed by atoms with Gasteiger partial charge in [0.25, 0.3) is 0 Å². The summed E-state index contributed by atoms with van der Waals surface area (Å²) in [6, 6.07) is 3.77. The van der Waals surface area contributed by atoms with Crippen LogP contribution in [0.2, 0.25) is 0 Å². The lowest BCUT2D eigenvalue weighted by atomic mass is 10.2. The molecule has 4 nitrogen and oxygen atoms in total. The van der Waals surface area contributed by atoms with Gasteiger partial charge in [0.05, 0.1) is 4.92 Å². The summed E-state index contributed by atoms with van der Waals surface area (Å²) in [6.45, 7) is -1.55. The summed E-state index contributed by atoms with van der Waals surface area (Å²) in [6.07, 6.45) is -4.53. The number of ether oxygens (including phenoxy) is 1. The SMILES string of the molecule is O=[N+]([O-])c1cc(CBr)ccc1OCC(F)(F)F. The van der Waals surface area contributed by atoms with Crippen LogP contribution in [-0.4, -0.2) is 17.7 Å². The Bertz CT molecular complexity index is 422. The zero-order valence-corrected chi connectivity index (χ0v) is 9.92. The fourth-order valence-corrected chi connectivity index (χ4v) is 1.42. The van der Waals surface area contributed by atoms with Crippen molar-refractivity contribution in [3.05, 3.63) is 33.9 Å². The van der Waals surface area contributed by atoms with Crippen molar-refractivity contribution in [2.45, 2.75) is 11.5 Å². The second-order valence-corrected chi connectivity index (χ2v) is 3.66. The highest BCUT2D eigenvalue weighted by Gasteiger charge is 2.30. The minimum atomic E-state index is -4.53. The van der Waals surface area contributed by atoms with E-state index in [9.17, 15) is 23.3 Å². The smallest absolute Gasteiger partial charge is 0.422 e. The Kier molecular flexibility index (Phi) is 4.33. The lowest BCUT2D eigenvalue weighted by molar-refractivity contribution is -0.386. The first-order valence-electron chi connectivity index (χ1n) is 4.36. The van der Waals surface area contributed by atoms with Crippen molar-refractivity contribution in [1.29, 1.82) is 0 Å². The quantitative estimate of drug-likeness (QED) is 0.486. The predicted molar refractivity (Wildman–Crippen MR) is 57.3 cm³/mol. The predicted octanol–water partition coefficient (Wildman–Crippen LogP) is 3.43. The van der Waals surface area contributed by atoms with Gasteiger partial charge in [-0.1, -0.05) is 22.0 Å². The Hall–Kier alpha value is -1.31. The molecule has 17 heavy (non-hydrogen) atoms. The molecule has 0 saturated heterocycles. The molecule has 0 N–H and O–H groups in total. The number of nitro benzene ring substituents is 1. The molecular formula is C9H7BrF3NO3. The first-order valence-corrected chi connectivity index (χ1v) is 5.48. The van der Waals surface area contributed by atoms with Crippen LogP contribution in [-0.2, 0) is 5.33 Å². The number of rotatable bonds is 4. The highest BCUT2D eigenvalue weighted by atomic mass is 79.9. The molecule has 94 valence electrons. The zero-order chi connectivity index (χ0) is 13.1. The van der Waals surface area contributed by atoms with Crippen molar-refractivity contribution in [3.63, 3.8) is 0 Å². The van der Waals surface area contributed by atoms with Crippen LogP contribution in [0.1, 0.15) is 5.56 Å². The number of benzene rings is 1. The Morgan fingerprint density at radius 2 is 2.06 bits per heavy atom. The monoisotopic (exact) mass is 313 g/mol. The minimum Gasteiger partial charge on any atom is -0.477 e. The first kappa shape index (κ1) is 13.8. The Morgan fingerprint density at radius 1 is 1.41 bits per heavy atom. The second-order valence-electron chi connectivity index (χ2n) is 3.10. The maximum atomic E-state index is 11.9. The highest BCUT2D eigenvalue weighted by Crippen LogP contribution is 2.30.